The van der Waals surface area contributed by atoms with Crippen molar-refractivity contribution in [2.75, 3.05) is 55.1 Å². The highest BCUT2D eigenvalue weighted by Crippen LogP contribution is 2.48. The molecule has 0 aliphatic carbocycles. The maximum absolute atomic E-state index is 13.8. The zero-order valence-corrected chi connectivity index (χ0v) is 21.2. The lowest BCUT2D eigenvalue weighted by molar-refractivity contribution is -0.136. The molecule has 3 aliphatic heterocycles. The molecule has 0 aromatic heterocycles. The van der Waals surface area contributed by atoms with Gasteiger partial charge in [0, 0.05) is 38.7 Å². The number of piperidine rings is 2. The van der Waals surface area contributed by atoms with Crippen LogP contribution in [0.15, 0.2) is 12.1 Å². The summed E-state index contributed by atoms with van der Waals surface area (Å²) in [5.74, 6) is 1.52. The summed E-state index contributed by atoms with van der Waals surface area (Å²) in [6.45, 7) is 3.11. The van der Waals surface area contributed by atoms with E-state index >= 15 is 0 Å². The van der Waals surface area contributed by atoms with Crippen molar-refractivity contribution >= 4 is 11.8 Å². The molecule has 0 bridgehead atoms. The van der Waals surface area contributed by atoms with Crippen molar-refractivity contribution in [2.24, 2.45) is 11.8 Å². The van der Waals surface area contributed by atoms with Gasteiger partial charge in [0.2, 0.25) is 17.6 Å². The molecule has 2 amide bonds. The maximum Gasteiger partial charge on any atom is 0.228 e. The molecule has 1 aromatic rings. The average molecular weight is 474 g/mol. The van der Waals surface area contributed by atoms with Gasteiger partial charge in [0.05, 0.1) is 33.3 Å². The normalized spacial score (nSPS) is 27.3. The second-order valence-corrected chi connectivity index (χ2v) is 9.90. The summed E-state index contributed by atoms with van der Waals surface area (Å²) < 4.78 is 16.7. The summed E-state index contributed by atoms with van der Waals surface area (Å²) in [5, 5.41) is 0. The molecule has 0 N–H and O–H groups in total. The lowest BCUT2D eigenvalue weighted by atomic mass is 9.83. The van der Waals surface area contributed by atoms with Gasteiger partial charge in [0.25, 0.3) is 0 Å². The Bertz CT molecular complexity index is 905. The van der Waals surface area contributed by atoms with Gasteiger partial charge in [-0.25, -0.2) is 0 Å². The second kappa shape index (κ2) is 10.4. The first-order valence-corrected chi connectivity index (χ1v) is 12.4. The van der Waals surface area contributed by atoms with Crippen LogP contribution in [0.25, 0.3) is 0 Å². The zero-order chi connectivity index (χ0) is 24.4. The van der Waals surface area contributed by atoms with Gasteiger partial charge >= 0.3 is 0 Å². The largest absolute Gasteiger partial charge is 0.493 e. The van der Waals surface area contributed by atoms with Gasteiger partial charge in [0.1, 0.15) is 0 Å². The molecule has 0 radical (unpaired) electrons. The van der Waals surface area contributed by atoms with Crippen molar-refractivity contribution in [3.05, 3.63) is 17.7 Å². The standard InChI is InChI=1S/C26H39N3O5/c1-27(16-17-9-8-14-29-13-7-6-10-20(17)29)26(31)19-15-22(30)28(2)23(19)18-11-12-21(32-3)25(34-5)24(18)33-4/h11-12,17,19-20,23H,6-10,13-16H2,1-5H3/t17-,19-,20+,23-/m0/s1. The van der Waals surface area contributed by atoms with Gasteiger partial charge in [-0.1, -0.05) is 6.42 Å². The first-order valence-electron chi connectivity index (χ1n) is 12.4. The molecule has 3 fully saturated rings. The number of methoxy groups -OCH3 is 3. The number of carbonyl (C=O) groups excluding carboxylic acids is 2. The first kappa shape index (κ1) is 24.6. The predicted octanol–water partition coefficient (Wildman–Crippen LogP) is 2.95. The Morgan fingerprint density at radius 2 is 1.76 bits per heavy atom. The van der Waals surface area contributed by atoms with E-state index in [1.807, 2.05) is 18.0 Å². The quantitative estimate of drug-likeness (QED) is 0.606. The molecule has 4 atom stereocenters. The summed E-state index contributed by atoms with van der Waals surface area (Å²) in [4.78, 5) is 32.7. The molecule has 0 unspecified atom stereocenters. The number of benzene rings is 1. The molecule has 4 rings (SSSR count). The molecule has 1 aromatic carbocycles. The molecule has 34 heavy (non-hydrogen) atoms. The van der Waals surface area contributed by atoms with Gasteiger partial charge in [-0.3, -0.25) is 9.59 Å². The smallest absolute Gasteiger partial charge is 0.228 e. The SMILES string of the molecule is COc1ccc([C@H]2[C@@H](C(=O)N(C)C[C@@H]3CCCN4CCCC[C@H]34)CC(=O)N2C)c(OC)c1OC. The Morgan fingerprint density at radius 3 is 2.47 bits per heavy atom. The van der Waals surface area contributed by atoms with Crippen LogP contribution in [-0.2, 0) is 9.59 Å². The monoisotopic (exact) mass is 473 g/mol. The van der Waals surface area contributed by atoms with Crippen LogP contribution < -0.4 is 14.2 Å². The zero-order valence-electron chi connectivity index (χ0n) is 21.2. The number of carbonyl (C=O) groups is 2. The van der Waals surface area contributed by atoms with Gasteiger partial charge in [-0.2, -0.15) is 0 Å². The summed E-state index contributed by atoms with van der Waals surface area (Å²) >= 11 is 0. The average Bonchev–Trinajstić information content (AvgIpc) is 3.16. The fourth-order valence-corrected chi connectivity index (χ4v) is 6.39. The van der Waals surface area contributed by atoms with E-state index in [0.717, 1.165) is 18.5 Å². The summed E-state index contributed by atoms with van der Waals surface area (Å²) in [5.41, 5.74) is 0.761. The fourth-order valence-electron chi connectivity index (χ4n) is 6.39. The Kier molecular flexibility index (Phi) is 7.55. The van der Waals surface area contributed by atoms with E-state index in [0.29, 0.717) is 29.2 Å². The Morgan fingerprint density at radius 1 is 1.03 bits per heavy atom. The van der Waals surface area contributed by atoms with E-state index in [2.05, 4.69) is 4.90 Å². The number of nitrogens with zero attached hydrogens (tertiary/aromatic N) is 3. The molecular weight excluding hydrogens is 434 g/mol. The fraction of sp³-hybridized carbons (Fsp3) is 0.692. The molecule has 8 heteroatoms. The van der Waals surface area contributed by atoms with Crippen LogP contribution in [0.4, 0.5) is 0 Å². The van der Waals surface area contributed by atoms with E-state index in [4.69, 9.17) is 14.2 Å². The van der Waals surface area contributed by atoms with Gasteiger partial charge < -0.3 is 28.9 Å². The van der Waals surface area contributed by atoms with E-state index in [9.17, 15) is 9.59 Å². The highest BCUT2D eigenvalue weighted by atomic mass is 16.5. The number of fused-ring (bicyclic) bond motifs is 1. The van der Waals surface area contributed by atoms with Gasteiger partial charge in [-0.15, -0.1) is 0 Å². The lowest BCUT2D eigenvalue weighted by Crippen LogP contribution is -2.51. The van der Waals surface area contributed by atoms with Gasteiger partial charge in [-0.05, 0) is 56.8 Å². The van der Waals surface area contributed by atoms with Gasteiger partial charge in [0.15, 0.2) is 11.5 Å². The highest BCUT2D eigenvalue weighted by Gasteiger charge is 2.46. The maximum atomic E-state index is 13.8. The van der Waals surface area contributed by atoms with Crippen LogP contribution in [0.5, 0.6) is 17.2 Å². The highest BCUT2D eigenvalue weighted by molar-refractivity contribution is 5.90. The molecule has 8 nitrogen and oxygen atoms in total. The number of hydrogen-bond acceptors (Lipinski definition) is 6. The summed E-state index contributed by atoms with van der Waals surface area (Å²) in [6, 6.07) is 3.83. The van der Waals surface area contributed by atoms with Crippen molar-refractivity contribution in [1.82, 2.24) is 14.7 Å². The molecule has 0 spiro atoms. The topological polar surface area (TPSA) is 71.6 Å². The minimum Gasteiger partial charge on any atom is -0.493 e. The third-order valence-electron chi connectivity index (χ3n) is 8.07. The van der Waals surface area contributed by atoms with Crippen molar-refractivity contribution in [3.8, 4) is 17.2 Å². The second-order valence-electron chi connectivity index (χ2n) is 9.90. The Hall–Kier alpha value is -2.48. The van der Waals surface area contributed by atoms with Crippen LogP contribution in [0, 0.1) is 11.8 Å². The number of amides is 2. The van der Waals surface area contributed by atoms with Crippen LogP contribution in [0.2, 0.25) is 0 Å². The molecule has 0 saturated carbocycles. The van der Waals surface area contributed by atoms with Crippen molar-refractivity contribution in [1.29, 1.82) is 0 Å². The van der Waals surface area contributed by atoms with Crippen LogP contribution in [-0.4, -0.2) is 87.6 Å². The molecule has 3 heterocycles. The minimum atomic E-state index is -0.472. The summed E-state index contributed by atoms with van der Waals surface area (Å²) in [7, 11) is 8.36. The number of ether oxygens (including phenoxy) is 3. The minimum absolute atomic E-state index is 0.0208. The lowest BCUT2D eigenvalue weighted by Gasteiger charge is -2.45. The molecule has 188 valence electrons. The van der Waals surface area contributed by atoms with Crippen LogP contribution in [0.3, 0.4) is 0 Å². The Balaban J connectivity index is 1.58. The van der Waals surface area contributed by atoms with E-state index in [1.165, 1.54) is 38.8 Å². The number of hydrogen-bond donors (Lipinski definition) is 0. The van der Waals surface area contributed by atoms with Crippen molar-refractivity contribution < 1.29 is 23.8 Å². The molecular formula is C26H39N3O5. The molecule has 3 aliphatic rings. The van der Waals surface area contributed by atoms with Crippen LogP contribution in [0.1, 0.15) is 50.1 Å². The first-order chi connectivity index (χ1) is 16.4. The summed E-state index contributed by atoms with van der Waals surface area (Å²) in [6.07, 6.45) is 6.33. The number of rotatable bonds is 7. The van der Waals surface area contributed by atoms with E-state index < -0.39 is 12.0 Å². The van der Waals surface area contributed by atoms with Crippen molar-refractivity contribution in [3.63, 3.8) is 0 Å². The van der Waals surface area contributed by atoms with Crippen molar-refractivity contribution in [2.45, 2.75) is 50.6 Å². The molecule has 3 saturated heterocycles. The predicted molar refractivity (Wildman–Crippen MR) is 129 cm³/mol. The third-order valence-corrected chi connectivity index (χ3v) is 8.07. The van der Waals surface area contributed by atoms with E-state index in [1.54, 1.807) is 39.3 Å². The number of likely N-dealkylation sites (tertiary alicyclic amines) is 1. The van der Waals surface area contributed by atoms with E-state index in [-0.39, 0.29) is 18.2 Å². The van der Waals surface area contributed by atoms with Crippen LogP contribution >= 0.6 is 0 Å². The Labute approximate surface area is 203 Å². The third kappa shape index (κ3) is 4.44.